The van der Waals surface area contributed by atoms with Crippen molar-refractivity contribution in [3.63, 3.8) is 0 Å². The minimum atomic E-state index is -5.25. The van der Waals surface area contributed by atoms with E-state index < -0.39 is 48.7 Å². The third-order valence-corrected chi connectivity index (χ3v) is 6.00. The number of halogens is 1. The second-order valence-corrected chi connectivity index (χ2v) is 8.31. The molecule has 190 valence electrons. The first-order valence-electron chi connectivity index (χ1n) is 4.03. The number of hydrogen-bond donors (Lipinski definition) is 6. The summed E-state index contributed by atoms with van der Waals surface area (Å²) in [6.07, 6.45) is 1.47. The molecule has 0 radical (unpaired) electrons. The van der Waals surface area contributed by atoms with Crippen LogP contribution >= 0.6 is 60.3 Å². The summed E-state index contributed by atoms with van der Waals surface area (Å²) in [6.45, 7) is 0. The van der Waals surface area contributed by atoms with E-state index in [4.69, 9.17) is 0 Å². The van der Waals surface area contributed by atoms with Gasteiger partial charge in [-0.05, 0) is 18.3 Å². The molecule has 22 nitrogen and oxygen atoms in total. The van der Waals surface area contributed by atoms with E-state index in [1.54, 1.807) is 0 Å². The molecule has 0 fully saturated rings. The highest BCUT2D eigenvalue weighted by Gasteiger charge is 2.27. The number of alkyl halides is 1. The number of hydrogen-bond acceptors (Lipinski definition) is 16. The lowest BCUT2D eigenvalue weighted by Gasteiger charge is -2.08. The van der Waals surface area contributed by atoms with Gasteiger partial charge in [0.25, 0.3) is 0 Å². The van der Waals surface area contributed by atoms with Crippen LogP contribution in [0, 0.1) is 0 Å². The van der Waals surface area contributed by atoms with Gasteiger partial charge in [0.1, 0.15) is 0 Å². The van der Waals surface area contributed by atoms with Crippen LogP contribution in [-0.4, -0.2) is 6.38 Å². The van der Waals surface area contributed by atoms with Crippen molar-refractivity contribution in [2.24, 2.45) is 0 Å². The lowest BCUT2D eigenvalue weighted by molar-refractivity contribution is -0.231. The summed E-state index contributed by atoms with van der Waals surface area (Å²) in [5, 5.41) is 0. The van der Waals surface area contributed by atoms with E-state index in [1.165, 1.54) is 6.38 Å². The Balaban J connectivity index is -0.0000000327. The maximum atomic E-state index is 10.1. The van der Waals surface area contributed by atoms with E-state index in [1.807, 2.05) is 0 Å². The Morgan fingerprint density at radius 1 is 0.533 bits per heavy atom. The third kappa shape index (κ3) is 51.3. The van der Waals surface area contributed by atoms with Crippen molar-refractivity contribution < 1.29 is 74.0 Å². The zero-order valence-electron chi connectivity index (χ0n) is 16.6. The second kappa shape index (κ2) is 29.5. The topological polar surface area (TPSA) is 497 Å². The second-order valence-electron chi connectivity index (χ2n) is 2.12. The predicted molar refractivity (Wildman–Crippen MR) is 97.7 cm³/mol. The van der Waals surface area contributed by atoms with Gasteiger partial charge >= 0.3 is 48.7 Å². The molecule has 0 aromatic carbocycles. The molecule has 0 aromatic rings. The molecule has 0 heterocycles. The zero-order valence-corrected chi connectivity index (χ0v) is 22.7. The zero-order chi connectivity index (χ0) is 20.1. The molecule has 0 aliphatic carbocycles. The number of rotatable bonds is 8. The van der Waals surface area contributed by atoms with Crippen LogP contribution in [0.2, 0.25) is 0 Å². The first kappa shape index (κ1) is 57.4. The third-order valence-electron chi connectivity index (χ3n) is 0.667. The Bertz CT molecular complexity index is 472. The van der Waals surface area contributed by atoms with Crippen molar-refractivity contribution in [1.82, 2.24) is 36.9 Å². The van der Waals surface area contributed by atoms with Gasteiger partial charge in [0, 0.05) is 6.38 Å². The van der Waals surface area contributed by atoms with E-state index in [9.17, 15) is 56.8 Å². The molecule has 0 bridgehead atoms. The molecule has 30 heavy (non-hydrogen) atoms. The van der Waals surface area contributed by atoms with Crippen LogP contribution < -0.4 is 66.3 Å². The Kier molecular flexibility index (Phi) is 56.5. The average molecular weight is 601 g/mol. The predicted octanol–water partition coefficient (Wildman–Crippen LogP) is 0.159. The van der Waals surface area contributed by atoms with Gasteiger partial charge in [-0.2, -0.15) is 0 Å². The fourth-order valence-electron chi connectivity index (χ4n) is 0.356. The van der Waals surface area contributed by atoms with E-state index in [0.29, 0.717) is 0 Å². The van der Waals surface area contributed by atoms with E-state index in [2.05, 4.69) is 28.8 Å². The Morgan fingerprint density at radius 3 is 0.700 bits per heavy atom. The Hall–Kier alpha value is 0.510. The minimum absolute atomic E-state index is 0. The maximum absolute atomic E-state index is 10.1. The summed E-state index contributed by atoms with van der Waals surface area (Å²) in [6, 6.07) is 0. The van der Waals surface area contributed by atoms with Crippen molar-refractivity contribution in [2.75, 3.05) is 6.38 Å². The molecular formula is CH27ClN6O16P6+4. The fraction of sp³-hybridized carbons (Fsp3) is 1.00. The van der Waals surface area contributed by atoms with Gasteiger partial charge in [0.05, 0.1) is 0 Å². The van der Waals surface area contributed by atoms with Crippen LogP contribution in [0.3, 0.4) is 0 Å². The van der Waals surface area contributed by atoms with Gasteiger partial charge in [-0.3, -0.25) is 9.13 Å². The minimum Gasteiger partial charge on any atom is -0.750 e. The molecule has 0 saturated heterocycles. The summed E-state index contributed by atoms with van der Waals surface area (Å²) >= 11 is 4.64. The summed E-state index contributed by atoms with van der Waals surface area (Å²) in [5.41, 5.74) is 0. The monoisotopic (exact) mass is 600 g/mol. The van der Waals surface area contributed by atoms with Gasteiger partial charge in [-0.15, -0.1) is 11.6 Å². The highest BCUT2D eigenvalue weighted by molar-refractivity contribution is 7.59. The molecule has 0 rings (SSSR count). The maximum Gasteiger partial charge on any atom is 0.496 e. The molecule has 0 aromatic heterocycles. The van der Waals surface area contributed by atoms with Crippen LogP contribution in [0.1, 0.15) is 0 Å². The lowest BCUT2D eigenvalue weighted by Crippen LogP contribution is -2.06. The fourth-order valence-corrected chi connectivity index (χ4v) is 3.74. The normalized spacial score (nSPS) is 14.0. The van der Waals surface area contributed by atoms with Crippen LogP contribution in [0.15, 0.2) is 0 Å². The SMILES string of the molecule is CCl.O=[P+]([O-])OP(=O)([O-])O[P+](=O)[O-].O=[P+]([O-])OP(=O)([O-])O[P+](=O)[O-].[NH4+].[NH4+].[NH4+].[NH4+].[NH4+].[NH4+]. The van der Waals surface area contributed by atoms with Crippen LogP contribution in [0.25, 0.3) is 0 Å². The summed E-state index contributed by atoms with van der Waals surface area (Å²) in [7, 11) is -25.2. The number of phosphoric acid groups is 2. The van der Waals surface area contributed by atoms with Crippen LogP contribution in [0.5, 0.6) is 0 Å². The standard InChI is InChI=1S/CH3Cl.6H3N.2HO8P3/c1-2;;;;;;;2*1-9(2)7-11(5,6)8-10(3)4/h1H3;6*1H3;2*(H,5,6)/p+4. The van der Waals surface area contributed by atoms with Crippen molar-refractivity contribution in [1.29, 1.82) is 0 Å². The van der Waals surface area contributed by atoms with Gasteiger partial charge in [-0.1, -0.05) is 17.2 Å². The van der Waals surface area contributed by atoms with Gasteiger partial charge in [-0.25, -0.2) is 0 Å². The summed E-state index contributed by atoms with van der Waals surface area (Å²) < 4.78 is 70.8. The van der Waals surface area contributed by atoms with Crippen molar-refractivity contribution in [3.8, 4) is 0 Å². The van der Waals surface area contributed by atoms with Gasteiger partial charge in [0.15, 0.2) is 0 Å². The van der Waals surface area contributed by atoms with E-state index in [-0.39, 0.29) is 36.9 Å². The smallest absolute Gasteiger partial charge is 0.496 e. The first-order valence-corrected chi connectivity index (χ1v) is 12.1. The molecule has 0 amide bonds. The molecule has 0 spiro atoms. The summed E-state index contributed by atoms with van der Waals surface area (Å²) in [5.74, 6) is 0. The van der Waals surface area contributed by atoms with Gasteiger partial charge in [0.2, 0.25) is 0 Å². The summed E-state index contributed by atoms with van der Waals surface area (Å²) in [4.78, 5) is 58.4. The number of quaternary nitrogens is 6. The van der Waals surface area contributed by atoms with Gasteiger partial charge < -0.3 is 66.3 Å². The largest absolute Gasteiger partial charge is 0.750 e. The lowest BCUT2D eigenvalue weighted by atomic mass is 12.0. The quantitative estimate of drug-likeness (QED) is 0.159. The Morgan fingerprint density at radius 2 is 0.633 bits per heavy atom. The molecule has 29 heteroatoms. The highest BCUT2D eigenvalue weighted by Crippen LogP contribution is 2.51. The molecule has 24 N–H and O–H groups in total. The average Bonchev–Trinajstić information content (AvgIpc) is 2.24. The van der Waals surface area contributed by atoms with Crippen LogP contribution in [-0.2, 0) is 44.6 Å². The van der Waals surface area contributed by atoms with E-state index >= 15 is 0 Å². The first-order chi connectivity index (χ1) is 10.7. The van der Waals surface area contributed by atoms with Crippen molar-refractivity contribution in [2.45, 2.75) is 0 Å². The Labute approximate surface area is 178 Å². The van der Waals surface area contributed by atoms with Crippen molar-refractivity contribution >= 4 is 60.3 Å². The highest BCUT2D eigenvalue weighted by atomic mass is 35.5. The molecule has 4 unspecified atom stereocenters. The van der Waals surface area contributed by atoms with Crippen LogP contribution in [0.4, 0.5) is 0 Å². The van der Waals surface area contributed by atoms with Crippen molar-refractivity contribution in [3.05, 3.63) is 0 Å². The molecule has 0 aliphatic rings. The molecule has 0 aliphatic heterocycles. The molecular weight excluding hydrogens is 573 g/mol. The molecule has 0 saturated carbocycles. The van der Waals surface area contributed by atoms with E-state index in [0.717, 1.165) is 0 Å². The molecule has 4 atom stereocenters.